The van der Waals surface area contributed by atoms with E-state index in [2.05, 4.69) is 46.9 Å². The lowest BCUT2D eigenvalue weighted by Crippen LogP contribution is -2.32. The first-order valence-corrected chi connectivity index (χ1v) is 8.50. The van der Waals surface area contributed by atoms with E-state index in [9.17, 15) is 4.79 Å². The SMILES string of the molecule is Cc1ccc(-n2ccnc2SC(C)C(=O)NC2CC2)c(C)c1. The fourth-order valence-corrected chi connectivity index (χ4v) is 3.28. The van der Waals surface area contributed by atoms with Gasteiger partial charge in [-0.1, -0.05) is 29.5 Å². The van der Waals surface area contributed by atoms with E-state index in [1.807, 2.05) is 13.1 Å². The standard InChI is InChI=1S/C17H21N3OS/c1-11-4-7-15(12(2)10-11)20-9-8-18-17(20)22-13(3)16(21)19-14-5-6-14/h4,7-10,13-14H,5-6H2,1-3H3,(H,19,21). The van der Waals surface area contributed by atoms with Gasteiger partial charge in [-0.2, -0.15) is 0 Å². The number of nitrogens with one attached hydrogen (secondary N) is 1. The van der Waals surface area contributed by atoms with E-state index in [1.54, 1.807) is 6.20 Å². The second-order valence-electron chi connectivity index (χ2n) is 5.91. The molecule has 5 heteroatoms. The van der Waals surface area contributed by atoms with Gasteiger partial charge in [0.25, 0.3) is 0 Å². The molecule has 0 saturated heterocycles. The van der Waals surface area contributed by atoms with Gasteiger partial charge < -0.3 is 5.32 Å². The number of thioether (sulfide) groups is 1. The number of imidazole rings is 1. The molecule has 1 saturated carbocycles. The summed E-state index contributed by atoms with van der Waals surface area (Å²) in [4.78, 5) is 16.5. The van der Waals surface area contributed by atoms with Crippen molar-refractivity contribution in [3.8, 4) is 5.69 Å². The molecule has 116 valence electrons. The van der Waals surface area contributed by atoms with Crippen LogP contribution in [0.25, 0.3) is 5.69 Å². The molecule has 1 fully saturated rings. The van der Waals surface area contributed by atoms with Gasteiger partial charge in [0.1, 0.15) is 0 Å². The highest BCUT2D eigenvalue weighted by Crippen LogP contribution is 2.27. The van der Waals surface area contributed by atoms with E-state index in [0.29, 0.717) is 6.04 Å². The van der Waals surface area contributed by atoms with Crippen LogP contribution in [0.2, 0.25) is 0 Å². The molecule has 1 N–H and O–H groups in total. The normalized spacial score (nSPS) is 15.6. The third-order valence-electron chi connectivity index (χ3n) is 3.79. The van der Waals surface area contributed by atoms with Gasteiger partial charge in [0.2, 0.25) is 5.91 Å². The average Bonchev–Trinajstić information content (AvgIpc) is 3.17. The summed E-state index contributed by atoms with van der Waals surface area (Å²) in [6, 6.07) is 6.76. The molecule has 1 amide bonds. The predicted molar refractivity (Wildman–Crippen MR) is 89.5 cm³/mol. The number of aromatic nitrogens is 2. The van der Waals surface area contributed by atoms with Gasteiger partial charge in [0, 0.05) is 18.4 Å². The third-order valence-corrected chi connectivity index (χ3v) is 4.87. The predicted octanol–water partition coefficient (Wildman–Crippen LogP) is 3.25. The molecule has 1 aromatic heterocycles. The van der Waals surface area contributed by atoms with Crippen molar-refractivity contribution in [2.75, 3.05) is 0 Å². The Morgan fingerprint density at radius 2 is 2.18 bits per heavy atom. The molecule has 1 aliphatic carbocycles. The molecule has 1 unspecified atom stereocenters. The number of amides is 1. The van der Waals surface area contributed by atoms with E-state index in [4.69, 9.17) is 0 Å². The van der Waals surface area contributed by atoms with Crippen LogP contribution >= 0.6 is 11.8 Å². The molecule has 0 spiro atoms. The van der Waals surface area contributed by atoms with Crippen molar-refractivity contribution in [3.63, 3.8) is 0 Å². The van der Waals surface area contributed by atoms with Crippen molar-refractivity contribution in [3.05, 3.63) is 41.7 Å². The smallest absolute Gasteiger partial charge is 0.233 e. The van der Waals surface area contributed by atoms with Crippen molar-refractivity contribution in [1.29, 1.82) is 0 Å². The Morgan fingerprint density at radius 1 is 1.41 bits per heavy atom. The number of carbonyl (C=O) groups excluding carboxylic acids is 1. The Morgan fingerprint density at radius 3 is 2.86 bits per heavy atom. The fraction of sp³-hybridized carbons (Fsp3) is 0.412. The van der Waals surface area contributed by atoms with Crippen molar-refractivity contribution in [2.45, 2.75) is 50.1 Å². The highest BCUT2D eigenvalue weighted by atomic mass is 32.2. The first kappa shape index (κ1) is 15.2. The van der Waals surface area contributed by atoms with Crippen molar-refractivity contribution >= 4 is 17.7 Å². The first-order chi connectivity index (χ1) is 10.5. The minimum Gasteiger partial charge on any atom is -0.352 e. The lowest BCUT2D eigenvalue weighted by Gasteiger charge is -2.14. The Labute approximate surface area is 135 Å². The van der Waals surface area contributed by atoms with E-state index < -0.39 is 0 Å². The fourth-order valence-electron chi connectivity index (χ4n) is 2.39. The number of rotatable bonds is 5. The van der Waals surface area contributed by atoms with Crippen LogP contribution in [0.3, 0.4) is 0 Å². The molecule has 2 aromatic rings. The Hall–Kier alpha value is -1.75. The number of benzene rings is 1. The molecular weight excluding hydrogens is 294 g/mol. The van der Waals surface area contributed by atoms with E-state index >= 15 is 0 Å². The maximum atomic E-state index is 12.1. The van der Waals surface area contributed by atoms with Gasteiger partial charge in [-0.25, -0.2) is 4.98 Å². The molecule has 0 radical (unpaired) electrons. The first-order valence-electron chi connectivity index (χ1n) is 7.62. The number of nitrogens with zero attached hydrogens (tertiary/aromatic N) is 2. The molecule has 1 heterocycles. The summed E-state index contributed by atoms with van der Waals surface area (Å²) < 4.78 is 2.06. The van der Waals surface area contributed by atoms with Crippen LogP contribution in [0.15, 0.2) is 35.7 Å². The zero-order valence-corrected chi connectivity index (χ0v) is 14.0. The zero-order chi connectivity index (χ0) is 15.7. The highest BCUT2D eigenvalue weighted by Gasteiger charge is 2.26. The minimum atomic E-state index is -0.146. The molecule has 1 aliphatic rings. The largest absolute Gasteiger partial charge is 0.352 e. The average molecular weight is 315 g/mol. The molecule has 3 rings (SSSR count). The highest BCUT2D eigenvalue weighted by molar-refractivity contribution is 8.00. The van der Waals surface area contributed by atoms with Gasteiger partial charge in [-0.05, 0) is 45.2 Å². The Kier molecular flexibility index (Phi) is 4.25. The minimum absolute atomic E-state index is 0.0997. The van der Waals surface area contributed by atoms with Crippen LogP contribution in [0.4, 0.5) is 0 Å². The van der Waals surface area contributed by atoms with Crippen LogP contribution in [0, 0.1) is 13.8 Å². The third kappa shape index (κ3) is 3.35. The summed E-state index contributed by atoms with van der Waals surface area (Å²) in [5, 5.41) is 3.75. The monoisotopic (exact) mass is 315 g/mol. The zero-order valence-electron chi connectivity index (χ0n) is 13.2. The quantitative estimate of drug-likeness (QED) is 0.862. The molecule has 4 nitrogen and oxygen atoms in total. The molecule has 0 aliphatic heterocycles. The van der Waals surface area contributed by atoms with Gasteiger partial charge in [0.15, 0.2) is 5.16 Å². The van der Waals surface area contributed by atoms with Crippen LogP contribution in [0.1, 0.15) is 30.9 Å². The van der Waals surface area contributed by atoms with Crippen LogP contribution in [0.5, 0.6) is 0 Å². The summed E-state index contributed by atoms with van der Waals surface area (Å²) in [5.41, 5.74) is 3.56. The van der Waals surface area contributed by atoms with Crippen LogP contribution in [-0.2, 0) is 4.79 Å². The lowest BCUT2D eigenvalue weighted by atomic mass is 10.1. The van der Waals surface area contributed by atoms with Gasteiger partial charge in [0.05, 0.1) is 10.9 Å². The summed E-state index contributed by atoms with van der Waals surface area (Å²) in [7, 11) is 0. The van der Waals surface area contributed by atoms with Crippen LogP contribution in [-0.4, -0.2) is 26.8 Å². The summed E-state index contributed by atoms with van der Waals surface area (Å²) in [5.74, 6) is 0.0997. The number of carbonyl (C=O) groups is 1. The molecule has 1 atom stereocenters. The number of hydrogen-bond acceptors (Lipinski definition) is 3. The topological polar surface area (TPSA) is 46.9 Å². The lowest BCUT2D eigenvalue weighted by molar-refractivity contribution is -0.120. The molecule has 1 aromatic carbocycles. The van der Waals surface area contributed by atoms with E-state index in [1.165, 1.54) is 22.9 Å². The van der Waals surface area contributed by atoms with E-state index in [0.717, 1.165) is 23.7 Å². The van der Waals surface area contributed by atoms with Crippen molar-refractivity contribution < 1.29 is 4.79 Å². The maximum Gasteiger partial charge on any atom is 0.233 e. The summed E-state index contributed by atoms with van der Waals surface area (Å²) in [6.07, 6.45) is 5.96. The van der Waals surface area contributed by atoms with Crippen molar-refractivity contribution in [2.24, 2.45) is 0 Å². The molecular formula is C17H21N3OS. The second kappa shape index (κ2) is 6.16. The van der Waals surface area contributed by atoms with E-state index in [-0.39, 0.29) is 11.2 Å². The van der Waals surface area contributed by atoms with Gasteiger partial charge >= 0.3 is 0 Å². The van der Waals surface area contributed by atoms with Gasteiger partial charge in [-0.15, -0.1) is 0 Å². The Balaban J connectivity index is 1.78. The summed E-state index contributed by atoms with van der Waals surface area (Å²) in [6.45, 7) is 6.12. The van der Waals surface area contributed by atoms with Crippen molar-refractivity contribution in [1.82, 2.24) is 14.9 Å². The second-order valence-corrected chi connectivity index (χ2v) is 7.22. The van der Waals surface area contributed by atoms with Gasteiger partial charge in [-0.3, -0.25) is 9.36 Å². The number of aryl methyl sites for hydroxylation is 2. The maximum absolute atomic E-state index is 12.1. The summed E-state index contributed by atoms with van der Waals surface area (Å²) >= 11 is 1.50. The number of hydrogen-bond donors (Lipinski definition) is 1. The Bertz CT molecular complexity index is 691. The molecule has 22 heavy (non-hydrogen) atoms. The van der Waals surface area contributed by atoms with Crippen LogP contribution < -0.4 is 5.32 Å². The molecule has 0 bridgehead atoms.